The molecule has 0 unspecified atom stereocenters. The van der Waals surface area contributed by atoms with Crippen molar-refractivity contribution < 1.29 is 9.53 Å². The molecule has 1 heterocycles. The molecule has 0 N–H and O–H groups in total. The predicted octanol–water partition coefficient (Wildman–Crippen LogP) is 7.38. The standard InChI is InChI=1S/C30H24N2O2S/c1-22-12-14-24(15-13-22)21-34-27-18-16-23(17-19-27)20-28-29(33)32(26-10-6-3-7-11-26)30(35-28)31-25-8-4-2-5-9-25/h2-20H,21H2,1H3/b28-20-,31-30?. The Labute approximate surface area is 209 Å². The summed E-state index contributed by atoms with van der Waals surface area (Å²) in [4.78, 5) is 20.4. The third-order valence-corrected chi connectivity index (χ3v) is 6.47. The number of thioether (sulfide) groups is 1. The van der Waals surface area contributed by atoms with E-state index in [1.807, 2.05) is 91.0 Å². The third-order valence-electron chi connectivity index (χ3n) is 5.51. The number of hydrogen-bond acceptors (Lipinski definition) is 4. The van der Waals surface area contributed by atoms with Crippen LogP contribution < -0.4 is 9.64 Å². The largest absolute Gasteiger partial charge is 0.489 e. The van der Waals surface area contributed by atoms with Gasteiger partial charge in [-0.25, -0.2) is 4.99 Å². The van der Waals surface area contributed by atoms with E-state index in [0.29, 0.717) is 16.7 Å². The maximum Gasteiger partial charge on any atom is 0.271 e. The summed E-state index contributed by atoms with van der Waals surface area (Å²) in [5.74, 6) is 0.700. The molecule has 0 radical (unpaired) electrons. The van der Waals surface area contributed by atoms with E-state index in [9.17, 15) is 4.79 Å². The maximum absolute atomic E-state index is 13.4. The van der Waals surface area contributed by atoms with Crippen molar-refractivity contribution >= 4 is 40.3 Å². The van der Waals surface area contributed by atoms with Gasteiger partial charge in [0.05, 0.1) is 16.3 Å². The zero-order chi connectivity index (χ0) is 24.0. The molecule has 0 saturated carbocycles. The molecule has 0 atom stereocenters. The Hall–Kier alpha value is -4.09. The first kappa shape index (κ1) is 22.7. The van der Waals surface area contributed by atoms with Gasteiger partial charge in [-0.1, -0.05) is 78.4 Å². The minimum absolute atomic E-state index is 0.0874. The van der Waals surface area contributed by atoms with Crippen molar-refractivity contribution in [3.63, 3.8) is 0 Å². The molecule has 4 nitrogen and oxygen atoms in total. The molecule has 0 bridgehead atoms. The highest BCUT2D eigenvalue weighted by Gasteiger charge is 2.34. The molecule has 5 heteroatoms. The Morgan fingerprint density at radius 3 is 2.17 bits per heavy atom. The third kappa shape index (κ3) is 5.53. The average molecular weight is 477 g/mol. The molecule has 5 rings (SSSR count). The number of aliphatic imine (C=N–C) groups is 1. The van der Waals surface area contributed by atoms with Crippen molar-refractivity contribution in [3.05, 3.63) is 131 Å². The van der Waals surface area contributed by atoms with E-state index in [1.165, 1.54) is 17.3 Å². The maximum atomic E-state index is 13.4. The summed E-state index contributed by atoms with van der Waals surface area (Å²) in [5, 5.41) is 0.636. The second kappa shape index (κ2) is 10.5. The number of amidine groups is 1. The second-order valence-corrected chi connectivity index (χ2v) is 9.17. The van der Waals surface area contributed by atoms with Crippen LogP contribution in [0, 0.1) is 6.92 Å². The molecule has 1 amide bonds. The number of anilines is 1. The highest BCUT2D eigenvalue weighted by Crippen LogP contribution is 2.37. The second-order valence-electron chi connectivity index (χ2n) is 8.16. The number of benzene rings is 4. The van der Waals surface area contributed by atoms with Crippen molar-refractivity contribution in [2.24, 2.45) is 4.99 Å². The van der Waals surface area contributed by atoms with Crippen LogP contribution >= 0.6 is 11.8 Å². The van der Waals surface area contributed by atoms with Crippen LogP contribution in [0.3, 0.4) is 0 Å². The summed E-state index contributed by atoms with van der Waals surface area (Å²) < 4.78 is 5.92. The first-order valence-electron chi connectivity index (χ1n) is 11.4. The Morgan fingerprint density at radius 1 is 0.829 bits per heavy atom. The van der Waals surface area contributed by atoms with Crippen molar-refractivity contribution in [1.29, 1.82) is 0 Å². The van der Waals surface area contributed by atoms with E-state index in [4.69, 9.17) is 9.73 Å². The smallest absolute Gasteiger partial charge is 0.271 e. The molecule has 35 heavy (non-hydrogen) atoms. The lowest BCUT2D eigenvalue weighted by atomic mass is 10.1. The summed E-state index contributed by atoms with van der Waals surface area (Å²) in [6, 6.07) is 35.4. The van der Waals surface area contributed by atoms with Gasteiger partial charge in [-0.2, -0.15) is 0 Å². The summed E-state index contributed by atoms with van der Waals surface area (Å²) in [6.45, 7) is 2.58. The van der Waals surface area contributed by atoms with E-state index in [-0.39, 0.29) is 5.91 Å². The number of rotatable bonds is 6. The van der Waals surface area contributed by atoms with Crippen LogP contribution in [0.25, 0.3) is 6.08 Å². The Balaban J connectivity index is 1.36. The van der Waals surface area contributed by atoms with E-state index < -0.39 is 0 Å². The van der Waals surface area contributed by atoms with Crippen molar-refractivity contribution in [2.75, 3.05) is 4.90 Å². The van der Waals surface area contributed by atoms with Gasteiger partial charge in [-0.05, 0) is 72.3 Å². The van der Waals surface area contributed by atoms with Crippen LogP contribution in [0.5, 0.6) is 5.75 Å². The number of carbonyl (C=O) groups is 1. The molecule has 0 aromatic heterocycles. The van der Waals surface area contributed by atoms with Crippen LogP contribution in [0.15, 0.2) is 119 Å². The number of nitrogens with zero attached hydrogens (tertiary/aromatic N) is 2. The zero-order valence-electron chi connectivity index (χ0n) is 19.3. The fourth-order valence-electron chi connectivity index (χ4n) is 3.63. The number of para-hydroxylation sites is 2. The monoisotopic (exact) mass is 476 g/mol. The van der Waals surface area contributed by atoms with Gasteiger partial charge in [0, 0.05) is 0 Å². The lowest BCUT2D eigenvalue weighted by Crippen LogP contribution is -2.28. The SMILES string of the molecule is Cc1ccc(COc2ccc(/C=C3\SC(=Nc4ccccc4)N(c4ccccc4)C3=O)cc2)cc1. The number of amides is 1. The molecule has 1 saturated heterocycles. The van der Waals surface area contributed by atoms with Crippen LogP contribution in [-0.2, 0) is 11.4 Å². The molecule has 1 fully saturated rings. The fraction of sp³-hybridized carbons (Fsp3) is 0.0667. The molecular weight excluding hydrogens is 452 g/mol. The Bertz CT molecular complexity index is 1360. The van der Waals surface area contributed by atoms with Crippen LogP contribution in [0.1, 0.15) is 16.7 Å². The van der Waals surface area contributed by atoms with Gasteiger partial charge in [-0.15, -0.1) is 0 Å². The number of ether oxygens (including phenoxy) is 1. The van der Waals surface area contributed by atoms with Gasteiger partial charge < -0.3 is 4.74 Å². The predicted molar refractivity (Wildman–Crippen MR) is 145 cm³/mol. The van der Waals surface area contributed by atoms with Gasteiger partial charge in [0.25, 0.3) is 5.91 Å². The van der Waals surface area contributed by atoms with Crippen LogP contribution in [0.2, 0.25) is 0 Å². The Kier molecular flexibility index (Phi) is 6.77. The minimum Gasteiger partial charge on any atom is -0.489 e. The van der Waals surface area contributed by atoms with Gasteiger partial charge in [0.15, 0.2) is 5.17 Å². The molecule has 172 valence electrons. The number of aryl methyl sites for hydroxylation is 1. The summed E-state index contributed by atoms with van der Waals surface area (Å²) in [6.07, 6.45) is 1.90. The molecule has 1 aliphatic rings. The van der Waals surface area contributed by atoms with Gasteiger partial charge in [0.2, 0.25) is 0 Å². The number of hydrogen-bond donors (Lipinski definition) is 0. The first-order valence-corrected chi connectivity index (χ1v) is 12.2. The van der Waals surface area contributed by atoms with Crippen molar-refractivity contribution in [3.8, 4) is 5.75 Å². The summed E-state index contributed by atoms with van der Waals surface area (Å²) in [5.41, 5.74) is 4.88. The lowest BCUT2D eigenvalue weighted by Gasteiger charge is -2.15. The molecule has 4 aromatic rings. The molecule has 4 aromatic carbocycles. The van der Waals surface area contributed by atoms with E-state index >= 15 is 0 Å². The summed E-state index contributed by atoms with van der Waals surface area (Å²) in [7, 11) is 0. The molecular formula is C30H24N2O2S. The summed E-state index contributed by atoms with van der Waals surface area (Å²) >= 11 is 1.38. The molecule has 1 aliphatic heterocycles. The number of carbonyl (C=O) groups excluding carboxylic acids is 1. The normalized spacial score (nSPS) is 15.7. The van der Waals surface area contributed by atoms with E-state index in [1.54, 1.807) is 4.90 Å². The van der Waals surface area contributed by atoms with Crippen LogP contribution in [0.4, 0.5) is 11.4 Å². The fourth-order valence-corrected chi connectivity index (χ4v) is 4.63. The van der Waals surface area contributed by atoms with Gasteiger partial charge >= 0.3 is 0 Å². The zero-order valence-corrected chi connectivity index (χ0v) is 20.1. The van der Waals surface area contributed by atoms with E-state index in [0.717, 1.165) is 28.3 Å². The van der Waals surface area contributed by atoms with Gasteiger partial charge in [-0.3, -0.25) is 9.69 Å². The molecule has 0 spiro atoms. The van der Waals surface area contributed by atoms with Crippen molar-refractivity contribution in [1.82, 2.24) is 0 Å². The van der Waals surface area contributed by atoms with Gasteiger partial charge in [0.1, 0.15) is 12.4 Å². The highest BCUT2D eigenvalue weighted by molar-refractivity contribution is 8.19. The average Bonchev–Trinajstić information content (AvgIpc) is 3.19. The van der Waals surface area contributed by atoms with Crippen LogP contribution in [-0.4, -0.2) is 11.1 Å². The van der Waals surface area contributed by atoms with E-state index in [2.05, 4.69) is 31.2 Å². The quantitative estimate of drug-likeness (QED) is 0.273. The topological polar surface area (TPSA) is 41.9 Å². The lowest BCUT2D eigenvalue weighted by molar-refractivity contribution is -0.113. The highest BCUT2D eigenvalue weighted by atomic mass is 32.2. The van der Waals surface area contributed by atoms with Crippen molar-refractivity contribution in [2.45, 2.75) is 13.5 Å². The minimum atomic E-state index is -0.0874. The first-order chi connectivity index (χ1) is 17.2. The molecule has 0 aliphatic carbocycles. The Morgan fingerprint density at radius 2 is 1.49 bits per heavy atom.